The lowest BCUT2D eigenvalue weighted by molar-refractivity contribution is -0.432. The third-order valence-electron chi connectivity index (χ3n) is 6.22. The maximum Gasteiger partial charge on any atom is 0.0380 e. The molecule has 5 heteroatoms. The third-order valence-corrected chi connectivity index (χ3v) is 11.1. The van der Waals surface area contributed by atoms with Crippen LogP contribution < -0.4 is 0 Å². The van der Waals surface area contributed by atoms with Crippen molar-refractivity contribution in [1.82, 2.24) is 0 Å². The van der Waals surface area contributed by atoms with Crippen LogP contribution in [0.25, 0.3) is 0 Å². The summed E-state index contributed by atoms with van der Waals surface area (Å²) in [6, 6.07) is 0. The Morgan fingerprint density at radius 3 is 1.83 bits per heavy atom. The number of hydrogen-bond acceptors (Lipinski definition) is 4. The maximum absolute atomic E-state index is 8.44. The van der Waals surface area contributed by atoms with E-state index in [2.05, 4.69) is 5.04 Å². The molecule has 0 aromatic heterocycles. The summed E-state index contributed by atoms with van der Waals surface area (Å²) < 4.78 is 4.77. The summed E-state index contributed by atoms with van der Waals surface area (Å²) in [6.45, 7) is 0. The Morgan fingerprint density at radius 1 is 0.696 bits per heavy atom. The van der Waals surface area contributed by atoms with Crippen molar-refractivity contribution in [2.45, 2.75) is 112 Å². The fourth-order valence-electron chi connectivity index (χ4n) is 5.20. The minimum atomic E-state index is 0.171. The molecule has 0 amide bonds. The van der Waals surface area contributed by atoms with E-state index in [4.69, 9.17) is 9.59 Å². The van der Waals surface area contributed by atoms with Gasteiger partial charge < -0.3 is 0 Å². The molecule has 0 aromatic rings. The van der Waals surface area contributed by atoms with Crippen LogP contribution in [0.15, 0.2) is 0 Å². The maximum atomic E-state index is 8.44. The van der Waals surface area contributed by atoms with Crippen LogP contribution in [0.3, 0.4) is 0 Å². The Kier molecular flexibility index (Phi) is 8.00. The van der Waals surface area contributed by atoms with E-state index in [9.17, 15) is 0 Å². The Labute approximate surface area is 147 Å². The van der Waals surface area contributed by atoms with Crippen LogP contribution in [0, 0.1) is 0 Å². The van der Waals surface area contributed by atoms with Gasteiger partial charge in [0, 0.05) is 17.3 Å². The van der Waals surface area contributed by atoms with Crippen LogP contribution in [-0.4, -0.2) is 27.5 Å². The smallest absolute Gasteiger partial charge is 0.0380 e. The summed E-state index contributed by atoms with van der Waals surface area (Å²) in [6.07, 6.45) is 20.1. The second-order valence-electron chi connectivity index (χ2n) is 7.71. The highest BCUT2D eigenvalue weighted by molar-refractivity contribution is 7.95. The molecule has 3 nitrogen and oxygen atoms in total. The lowest BCUT2D eigenvalue weighted by Gasteiger charge is -2.45. The zero-order valence-electron chi connectivity index (χ0n) is 14.3. The molecule has 0 spiro atoms. The molecule has 134 valence electrons. The van der Waals surface area contributed by atoms with Crippen molar-refractivity contribution in [3.05, 3.63) is 0 Å². The van der Waals surface area contributed by atoms with Gasteiger partial charge in [0.2, 0.25) is 0 Å². The monoisotopic (exact) mass is 360 g/mol. The van der Waals surface area contributed by atoms with Gasteiger partial charge in [0.05, 0.1) is 0 Å². The van der Waals surface area contributed by atoms with E-state index < -0.39 is 0 Å². The summed E-state index contributed by atoms with van der Waals surface area (Å²) in [7, 11) is 0.171. The molecule has 3 aliphatic carbocycles. The minimum absolute atomic E-state index is 0.171. The van der Waals surface area contributed by atoms with E-state index in [1.54, 1.807) is 0 Å². The van der Waals surface area contributed by atoms with E-state index in [0.717, 1.165) is 17.0 Å². The summed E-state index contributed by atoms with van der Waals surface area (Å²) in [5, 5.41) is 12.8. The third kappa shape index (κ3) is 5.31. The minimum Gasteiger partial charge on any atom is -0.220 e. The highest BCUT2D eigenvalue weighted by Gasteiger charge is 2.38. The molecule has 0 aromatic carbocycles. The van der Waals surface area contributed by atoms with Crippen LogP contribution in [-0.2, 0) is 9.37 Å². The van der Waals surface area contributed by atoms with Gasteiger partial charge in [-0.3, -0.25) is 0 Å². The Hall–Kier alpha value is 0.660. The van der Waals surface area contributed by atoms with Gasteiger partial charge in [-0.25, -0.2) is 5.26 Å². The lowest BCUT2D eigenvalue weighted by Crippen LogP contribution is -2.30. The lowest BCUT2D eigenvalue weighted by atomic mass is 9.98. The van der Waals surface area contributed by atoms with Crippen LogP contribution in [0.2, 0.25) is 0 Å². The average Bonchev–Trinajstić information content (AvgIpc) is 2.62. The second kappa shape index (κ2) is 9.97. The SMILES string of the molecule is OOOSC1CCCC(P(C2CCCCC2)C2CCCCC2)C1. The van der Waals surface area contributed by atoms with Gasteiger partial charge in [-0.1, -0.05) is 57.9 Å². The van der Waals surface area contributed by atoms with Gasteiger partial charge in [0.25, 0.3) is 0 Å². The second-order valence-corrected chi connectivity index (χ2v) is 11.8. The van der Waals surface area contributed by atoms with Crippen LogP contribution in [0.5, 0.6) is 0 Å². The fraction of sp³-hybridized carbons (Fsp3) is 1.00. The first-order chi connectivity index (χ1) is 11.4. The Bertz CT molecular complexity index is 314. The molecule has 0 heterocycles. The standard InChI is InChI=1S/C18H33O3PS/c19-20-21-23-18-13-7-12-17(14-18)22(15-8-3-1-4-9-15)16-10-5-2-6-11-16/h15-19H,1-14H2. The van der Waals surface area contributed by atoms with E-state index in [1.807, 2.05) is 0 Å². The first-order valence-electron chi connectivity index (χ1n) is 9.79. The van der Waals surface area contributed by atoms with Gasteiger partial charge in [-0.15, -0.1) is 4.33 Å². The molecular formula is C18H33O3PS. The fourth-order valence-corrected chi connectivity index (χ4v) is 10.8. The van der Waals surface area contributed by atoms with Crippen LogP contribution >= 0.6 is 20.0 Å². The van der Waals surface area contributed by atoms with Gasteiger partial charge in [-0.2, -0.15) is 0 Å². The van der Waals surface area contributed by atoms with Crippen molar-refractivity contribution in [2.24, 2.45) is 0 Å². The molecule has 3 saturated carbocycles. The van der Waals surface area contributed by atoms with Crippen LogP contribution in [0.4, 0.5) is 0 Å². The molecule has 3 aliphatic rings. The molecule has 3 rings (SSSR count). The molecule has 1 N–H and O–H groups in total. The molecule has 23 heavy (non-hydrogen) atoms. The molecule has 0 saturated heterocycles. The van der Waals surface area contributed by atoms with E-state index >= 15 is 0 Å². The summed E-state index contributed by atoms with van der Waals surface area (Å²) >= 11 is 1.35. The first kappa shape index (κ1) is 18.5. The van der Waals surface area contributed by atoms with Crippen molar-refractivity contribution in [3.63, 3.8) is 0 Å². The number of hydrogen-bond donors (Lipinski definition) is 1. The van der Waals surface area contributed by atoms with E-state index in [0.29, 0.717) is 5.25 Å². The average molecular weight is 361 g/mol. The zero-order valence-corrected chi connectivity index (χ0v) is 16.0. The van der Waals surface area contributed by atoms with E-state index in [1.165, 1.54) is 102 Å². The van der Waals surface area contributed by atoms with Crippen molar-refractivity contribution >= 4 is 20.0 Å². The topological polar surface area (TPSA) is 38.7 Å². The normalized spacial score (nSPS) is 31.6. The molecule has 0 bridgehead atoms. The molecule has 2 atom stereocenters. The van der Waals surface area contributed by atoms with Crippen LogP contribution in [0.1, 0.15) is 89.9 Å². The summed E-state index contributed by atoms with van der Waals surface area (Å²) in [4.78, 5) is 0. The highest BCUT2D eigenvalue weighted by Crippen LogP contribution is 2.62. The zero-order chi connectivity index (χ0) is 15.9. The first-order valence-corrected chi connectivity index (χ1v) is 12.1. The molecule has 2 unspecified atom stereocenters. The van der Waals surface area contributed by atoms with Gasteiger partial charge in [-0.05, 0) is 61.9 Å². The predicted octanol–water partition coefficient (Wildman–Crippen LogP) is 6.51. The Balaban J connectivity index is 1.65. The van der Waals surface area contributed by atoms with Crippen molar-refractivity contribution in [3.8, 4) is 0 Å². The van der Waals surface area contributed by atoms with Crippen molar-refractivity contribution in [2.75, 3.05) is 0 Å². The predicted molar refractivity (Wildman–Crippen MR) is 99.1 cm³/mol. The summed E-state index contributed by atoms with van der Waals surface area (Å²) in [5.41, 5.74) is 3.03. The highest BCUT2D eigenvalue weighted by atomic mass is 32.2. The molecule has 0 aliphatic heterocycles. The quantitative estimate of drug-likeness (QED) is 0.253. The van der Waals surface area contributed by atoms with Gasteiger partial charge in [0.1, 0.15) is 0 Å². The van der Waals surface area contributed by atoms with E-state index in [-0.39, 0.29) is 7.92 Å². The van der Waals surface area contributed by atoms with Crippen molar-refractivity contribution in [1.29, 1.82) is 0 Å². The largest absolute Gasteiger partial charge is 0.220 e. The molecule has 3 fully saturated rings. The number of rotatable bonds is 6. The van der Waals surface area contributed by atoms with Gasteiger partial charge >= 0.3 is 0 Å². The van der Waals surface area contributed by atoms with Crippen molar-refractivity contribution < 1.29 is 14.6 Å². The molecule has 0 radical (unpaired) electrons. The van der Waals surface area contributed by atoms with Gasteiger partial charge in [0.15, 0.2) is 0 Å². The molecular weight excluding hydrogens is 327 g/mol. The Morgan fingerprint density at radius 2 is 1.26 bits per heavy atom. The summed E-state index contributed by atoms with van der Waals surface area (Å²) in [5.74, 6) is 0.